The summed E-state index contributed by atoms with van der Waals surface area (Å²) < 4.78 is 0. The van der Waals surface area contributed by atoms with Crippen LogP contribution < -0.4 is 16.6 Å². The lowest BCUT2D eigenvalue weighted by Crippen LogP contribution is -2.23. The molecule has 0 saturated heterocycles. The third-order valence-electron chi connectivity index (χ3n) is 2.15. The van der Waals surface area contributed by atoms with Crippen LogP contribution in [0.4, 0.5) is 5.82 Å². The summed E-state index contributed by atoms with van der Waals surface area (Å²) in [6.45, 7) is 0.372. The molecule has 0 aliphatic rings. The second-order valence-corrected chi connectivity index (χ2v) is 4.49. The summed E-state index contributed by atoms with van der Waals surface area (Å²) in [6.07, 6.45) is 1.40. The molecule has 1 amide bonds. The minimum Gasteiger partial charge on any atom is -0.346 e. The highest BCUT2D eigenvalue weighted by molar-refractivity contribution is 7.07. The lowest BCUT2D eigenvalue weighted by molar-refractivity contribution is 0.0950. The quantitative estimate of drug-likeness (QED) is 0.583. The first-order chi connectivity index (χ1) is 8.70. The molecule has 2 rings (SSSR count). The van der Waals surface area contributed by atoms with Gasteiger partial charge in [-0.1, -0.05) is 11.6 Å². The third kappa shape index (κ3) is 2.95. The van der Waals surface area contributed by atoms with Gasteiger partial charge in [0.25, 0.3) is 5.91 Å². The Kier molecular flexibility index (Phi) is 4.08. The first-order valence-corrected chi connectivity index (χ1v) is 6.30. The zero-order valence-corrected chi connectivity index (χ0v) is 10.8. The number of hydrogen-bond acceptors (Lipinski definition) is 6. The summed E-state index contributed by atoms with van der Waals surface area (Å²) in [6, 6.07) is 1.50. The van der Waals surface area contributed by atoms with E-state index in [9.17, 15) is 4.79 Å². The van der Waals surface area contributed by atoms with E-state index in [-0.39, 0.29) is 5.91 Å². The molecular weight excluding hydrogens is 274 g/mol. The van der Waals surface area contributed by atoms with Crippen molar-refractivity contribution in [3.63, 3.8) is 0 Å². The number of halogens is 1. The minimum atomic E-state index is -0.263. The molecule has 0 aliphatic carbocycles. The Morgan fingerprint density at radius 3 is 2.94 bits per heavy atom. The van der Waals surface area contributed by atoms with E-state index in [1.165, 1.54) is 23.6 Å². The maximum Gasteiger partial charge on any atom is 0.253 e. The van der Waals surface area contributed by atoms with Crippen LogP contribution in [-0.2, 0) is 6.54 Å². The molecule has 0 unspecified atom stereocenters. The van der Waals surface area contributed by atoms with Crippen molar-refractivity contribution in [3.8, 4) is 0 Å². The molecule has 0 fully saturated rings. The number of aromatic nitrogens is 2. The molecule has 6 nitrogen and oxygen atoms in total. The number of nitrogens with zero attached hydrogens (tertiary/aromatic N) is 2. The summed E-state index contributed by atoms with van der Waals surface area (Å²) in [5.41, 5.74) is 5.22. The number of hydrogen-bond donors (Lipinski definition) is 3. The van der Waals surface area contributed by atoms with Crippen molar-refractivity contribution < 1.29 is 4.79 Å². The largest absolute Gasteiger partial charge is 0.346 e. The van der Waals surface area contributed by atoms with Crippen LogP contribution in [0.3, 0.4) is 0 Å². The van der Waals surface area contributed by atoms with Gasteiger partial charge in [0.1, 0.15) is 0 Å². The summed E-state index contributed by atoms with van der Waals surface area (Å²) in [5, 5.41) is 4.88. The molecule has 0 radical (unpaired) electrons. The number of anilines is 1. The van der Waals surface area contributed by atoms with Crippen molar-refractivity contribution in [2.24, 2.45) is 5.84 Å². The highest BCUT2D eigenvalue weighted by Gasteiger charge is 2.09. The number of hydrazine groups is 1. The van der Waals surface area contributed by atoms with Gasteiger partial charge in [-0.15, -0.1) is 11.3 Å². The van der Waals surface area contributed by atoms with Gasteiger partial charge in [0.15, 0.2) is 5.82 Å². The lowest BCUT2D eigenvalue weighted by Gasteiger charge is -2.06. The standard InChI is InChI=1S/C10H10ClN5OS/c11-8-1-6(2-13-9(8)16-12)10(17)14-3-7-4-18-5-15-7/h1-2,4-5H,3,12H2,(H,13,16)(H,14,17). The van der Waals surface area contributed by atoms with Crippen molar-refractivity contribution >= 4 is 34.7 Å². The monoisotopic (exact) mass is 283 g/mol. The molecule has 0 atom stereocenters. The number of nitrogens with two attached hydrogens (primary N) is 1. The second kappa shape index (κ2) is 5.76. The van der Waals surface area contributed by atoms with E-state index in [0.717, 1.165) is 5.69 Å². The fourth-order valence-corrected chi connectivity index (χ4v) is 2.05. The average molecular weight is 284 g/mol. The second-order valence-electron chi connectivity index (χ2n) is 3.36. The Morgan fingerprint density at radius 1 is 1.50 bits per heavy atom. The van der Waals surface area contributed by atoms with Crippen molar-refractivity contribution in [2.75, 3.05) is 5.43 Å². The minimum absolute atomic E-state index is 0.263. The van der Waals surface area contributed by atoms with E-state index in [4.69, 9.17) is 17.4 Å². The number of carbonyl (C=O) groups is 1. The fourth-order valence-electron chi connectivity index (χ4n) is 1.27. The lowest BCUT2D eigenvalue weighted by atomic mass is 10.2. The average Bonchev–Trinajstić information content (AvgIpc) is 2.89. The first kappa shape index (κ1) is 12.7. The maximum absolute atomic E-state index is 11.8. The Morgan fingerprint density at radius 2 is 2.33 bits per heavy atom. The van der Waals surface area contributed by atoms with E-state index in [1.807, 2.05) is 5.38 Å². The molecule has 0 saturated carbocycles. The van der Waals surface area contributed by atoms with Crippen LogP contribution in [0, 0.1) is 0 Å². The highest BCUT2D eigenvalue weighted by atomic mass is 35.5. The van der Waals surface area contributed by atoms with Crippen LogP contribution in [0.1, 0.15) is 16.1 Å². The van der Waals surface area contributed by atoms with E-state index in [2.05, 4.69) is 20.7 Å². The summed E-state index contributed by atoms with van der Waals surface area (Å²) in [7, 11) is 0. The third-order valence-corrected chi connectivity index (χ3v) is 3.08. The van der Waals surface area contributed by atoms with Crippen molar-refractivity contribution in [2.45, 2.75) is 6.54 Å². The SMILES string of the molecule is NNc1ncc(C(=O)NCc2cscn2)cc1Cl. The van der Waals surface area contributed by atoms with Crippen molar-refractivity contribution in [1.82, 2.24) is 15.3 Å². The molecular formula is C10H10ClN5OS. The van der Waals surface area contributed by atoms with Gasteiger partial charge in [-0.2, -0.15) is 0 Å². The number of thiazole rings is 1. The maximum atomic E-state index is 11.8. The summed E-state index contributed by atoms with van der Waals surface area (Å²) >= 11 is 7.35. The zero-order chi connectivity index (χ0) is 13.0. The van der Waals surface area contributed by atoms with Crippen molar-refractivity contribution in [3.05, 3.63) is 39.4 Å². The molecule has 2 aromatic heterocycles. The number of pyridine rings is 1. The molecule has 0 aliphatic heterocycles. The zero-order valence-electron chi connectivity index (χ0n) is 9.18. The fraction of sp³-hybridized carbons (Fsp3) is 0.100. The highest BCUT2D eigenvalue weighted by Crippen LogP contribution is 2.18. The Bertz CT molecular complexity index is 545. The number of nitrogens with one attached hydrogen (secondary N) is 2. The predicted molar refractivity (Wildman–Crippen MR) is 70.3 cm³/mol. The molecule has 0 aromatic carbocycles. The van der Waals surface area contributed by atoms with Gasteiger partial charge < -0.3 is 10.7 Å². The van der Waals surface area contributed by atoms with Crippen LogP contribution in [0.2, 0.25) is 5.02 Å². The molecule has 8 heteroatoms. The topological polar surface area (TPSA) is 92.9 Å². The van der Waals surface area contributed by atoms with Crippen LogP contribution >= 0.6 is 22.9 Å². The van der Waals surface area contributed by atoms with Gasteiger partial charge in [0, 0.05) is 11.6 Å². The number of nitrogen functional groups attached to an aromatic ring is 1. The molecule has 2 aromatic rings. The van der Waals surface area contributed by atoms with Gasteiger partial charge in [0.05, 0.1) is 28.3 Å². The Labute approximate surface area is 112 Å². The molecule has 4 N–H and O–H groups in total. The van der Waals surface area contributed by atoms with Gasteiger partial charge in [-0.25, -0.2) is 15.8 Å². The van der Waals surface area contributed by atoms with Crippen LogP contribution in [0.5, 0.6) is 0 Å². The molecule has 0 spiro atoms. The smallest absolute Gasteiger partial charge is 0.253 e. The summed E-state index contributed by atoms with van der Waals surface area (Å²) in [5.74, 6) is 5.26. The summed E-state index contributed by atoms with van der Waals surface area (Å²) in [4.78, 5) is 19.8. The number of amides is 1. The Balaban J connectivity index is 2.02. The van der Waals surface area contributed by atoms with Crippen LogP contribution in [0.15, 0.2) is 23.2 Å². The van der Waals surface area contributed by atoms with Crippen LogP contribution in [-0.4, -0.2) is 15.9 Å². The van der Waals surface area contributed by atoms with Gasteiger partial charge in [-0.05, 0) is 6.07 Å². The van der Waals surface area contributed by atoms with Gasteiger partial charge in [-0.3, -0.25) is 4.79 Å². The van der Waals surface area contributed by atoms with Crippen molar-refractivity contribution in [1.29, 1.82) is 0 Å². The normalized spacial score (nSPS) is 10.1. The van der Waals surface area contributed by atoms with E-state index >= 15 is 0 Å². The van der Waals surface area contributed by atoms with Gasteiger partial charge in [0.2, 0.25) is 0 Å². The molecule has 94 valence electrons. The van der Waals surface area contributed by atoms with E-state index < -0.39 is 0 Å². The van der Waals surface area contributed by atoms with Crippen LogP contribution in [0.25, 0.3) is 0 Å². The predicted octanol–water partition coefficient (Wildman–Crippen LogP) is 1.41. The molecule has 18 heavy (non-hydrogen) atoms. The first-order valence-electron chi connectivity index (χ1n) is 4.98. The van der Waals surface area contributed by atoms with E-state index in [0.29, 0.717) is 22.9 Å². The number of carbonyl (C=O) groups excluding carboxylic acids is 1. The van der Waals surface area contributed by atoms with Gasteiger partial charge >= 0.3 is 0 Å². The molecule has 0 bridgehead atoms. The molecule has 2 heterocycles. The number of rotatable bonds is 4. The van der Waals surface area contributed by atoms with E-state index in [1.54, 1.807) is 5.51 Å². The Hall–Kier alpha value is -1.70.